The minimum atomic E-state index is -0.456. The van der Waals surface area contributed by atoms with Gasteiger partial charge in [0.25, 0.3) is 5.91 Å². The number of hydrogen-bond acceptors (Lipinski definition) is 4. The molecule has 2 aromatic rings. The molecular weight excluding hydrogens is 402 g/mol. The van der Waals surface area contributed by atoms with E-state index in [1.165, 1.54) is 18.4 Å². The van der Waals surface area contributed by atoms with E-state index in [2.05, 4.69) is 41.2 Å². The van der Waals surface area contributed by atoms with Crippen LogP contribution in [-0.2, 0) is 5.54 Å². The number of amides is 1. The zero-order chi connectivity index (χ0) is 20.2. The summed E-state index contributed by atoms with van der Waals surface area (Å²) in [7, 11) is 0. The van der Waals surface area contributed by atoms with Gasteiger partial charge < -0.3 is 0 Å². The number of benzene rings is 1. The standard InChI is InChI=1S/C23H26ClN3OS/c1-23(2)21-12-17(24)3-6-20(21)22(28)27(23)18-11-16(13-25-14-18)15-7-9-26(10-8-15)29-19-4-5-19/h3,6,11-15,19H,4-5,7-10H2,1-2H3. The first-order chi connectivity index (χ1) is 13.9. The highest BCUT2D eigenvalue weighted by Crippen LogP contribution is 2.44. The number of anilines is 1. The molecule has 0 bridgehead atoms. The molecule has 3 heterocycles. The van der Waals surface area contributed by atoms with E-state index in [0.717, 1.165) is 48.0 Å². The lowest BCUT2D eigenvalue weighted by molar-refractivity contribution is 0.0982. The molecule has 2 aliphatic heterocycles. The van der Waals surface area contributed by atoms with Crippen molar-refractivity contribution in [1.82, 2.24) is 9.29 Å². The number of nitrogens with zero attached hydrogens (tertiary/aromatic N) is 3. The van der Waals surface area contributed by atoms with Crippen molar-refractivity contribution in [2.75, 3.05) is 18.0 Å². The average Bonchev–Trinajstić information content (AvgIpc) is 3.49. The van der Waals surface area contributed by atoms with Crippen LogP contribution in [0.3, 0.4) is 0 Å². The highest BCUT2D eigenvalue weighted by molar-refractivity contribution is 7.97. The fourth-order valence-electron chi connectivity index (χ4n) is 4.61. The second-order valence-corrected chi connectivity index (χ2v) is 10.7. The molecule has 0 unspecified atom stereocenters. The maximum atomic E-state index is 13.2. The topological polar surface area (TPSA) is 36.4 Å². The lowest BCUT2D eigenvalue weighted by Crippen LogP contribution is -2.39. The molecule has 1 aliphatic carbocycles. The number of halogens is 1. The van der Waals surface area contributed by atoms with Gasteiger partial charge in [-0.1, -0.05) is 23.5 Å². The van der Waals surface area contributed by atoms with Gasteiger partial charge in [0.15, 0.2) is 0 Å². The average molecular weight is 428 g/mol. The molecule has 5 rings (SSSR count). The third-order valence-electron chi connectivity index (χ3n) is 6.38. The third-order valence-corrected chi connectivity index (χ3v) is 8.05. The van der Waals surface area contributed by atoms with Crippen LogP contribution >= 0.6 is 23.5 Å². The lowest BCUT2D eigenvalue weighted by Gasteiger charge is -2.34. The van der Waals surface area contributed by atoms with Gasteiger partial charge >= 0.3 is 0 Å². The van der Waals surface area contributed by atoms with Crippen molar-refractivity contribution < 1.29 is 4.79 Å². The summed E-state index contributed by atoms with van der Waals surface area (Å²) in [6, 6.07) is 7.72. The van der Waals surface area contributed by atoms with E-state index in [0.29, 0.717) is 10.9 Å². The molecule has 1 amide bonds. The largest absolute Gasteiger partial charge is 0.297 e. The maximum Gasteiger partial charge on any atom is 0.259 e. The van der Waals surface area contributed by atoms with E-state index >= 15 is 0 Å². The van der Waals surface area contributed by atoms with Crippen molar-refractivity contribution >= 4 is 35.1 Å². The van der Waals surface area contributed by atoms with E-state index in [-0.39, 0.29) is 5.91 Å². The second-order valence-electron chi connectivity index (χ2n) is 8.87. The minimum absolute atomic E-state index is 0.0243. The molecule has 6 heteroatoms. The summed E-state index contributed by atoms with van der Waals surface area (Å²) in [6.07, 6.45) is 8.85. The Morgan fingerprint density at radius 1 is 1.10 bits per heavy atom. The van der Waals surface area contributed by atoms with Crippen molar-refractivity contribution in [3.63, 3.8) is 0 Å². The van der Waals surface area contributed by atoms with Gasteiger partial charge in [-0.05, 0) is 80.8 Å². The van der Waals surface area contributed by atoms with Crippen LogP contribution in [0.15, 0.2) is 36.7 Å². The summed E-state index contributed by atoms with van der Waals surface area (Å²) >= 11 is 8.27. The van der Waals surface area contributed by atoms with Crippen LogP contribution in [0.1, 0.15) is 66.9 Å². The number of pyridine rings is 1. The third kappa shape index (κ3) is 3.58. The summed E-state index contributed by atoms with van der Waals surface area (Å²) in [5, 5.41) is 1.53. The molecule has 29 heavy (non-hydrogen) atoms. The fourth-order valence-corrected chi connectivity index (χ4v) is 5.98. The first-order valence-corrected chi connectivity index (χ1v) is 11.7. The Morgan fingerprint density at radius 2 is 1.86 bits per heavy atom. The SMILES string of the molecule is CC1(C)c2cc(Cl)ccc2C(=O)N1c1cncc(C2CCN(SC3CC3)CC2)c1. The van der Waals surface area contributed by atoms with Crippen LogP contribution in [-0.4, -0.2) is 33.5 Å². The maximum absolute atomic E-state index is 13.2. The number of rotatable bonds is 4. The van der Waals surface area contributed by atoms with Crippen molar-refractivity contribution in [1.29, 1.82) is 0 Å². The van der Waals surface area contributed by atoms with Gasteiger partial charge in [-0.3, -0.25) is 19.0 Å². The molecular formula is C23H26ClN3OS. The number of fused-ring (bicyclic) bond motifs is 1. The number of carbonyl (C=O) groups excluding carboxylic acids is 1. The Kier molecular flexibility index (Phi) is 4.88. The minimum Gasteiger partial charge on any atom is -0.297 e. The molecule has 4 nitrogen and oxygen atoms in total. The summed E-state index contributed by atoms with van der Waals surface area (Å²) in [4.78, 5) is 19.6. The summed E-state index contributed by atoms with van der Waals surface area (Å²) < 4.78 is 2.54. The lowest BCUT2D eigenvalue weighted by atomic mass is 9.90. The highest BCUT2D eigenvalue weighted by Gasteiger charge is 2.44. The van der Waals surface area contributed by atoms with Gasteiger partial charge in [0.2, 0.25) is 0 Å². The second kappa shape index (κ2) is 7.29. The molecule has 0 N–H and O–H groups in total. The molecule has 0 spiro atoms. The van der Waals surface area contributed by atoms with Crippen LogP contribution in [0, 0.1) is 0 Å². The predicted octanol–water partition coefficient (Wildman–Crippen LogP) is 5.62. The molecule has 0 radical (unpaired) electrons. The van der Waals surface area contributed by atoms with Crippen LogP contribution in [0.2, 0.25) is 5.02 Å². The summed E-state index contributed by atoms with van der Waals surface area (Å²) in [5.74, 6) is 0.535. The zero-order valence-corrected chi connectivity index (χ0v) is 18.5. The Hall–Kier alpha value is -1.56. The van der Waals surface area contributed by atoms with Crippen LogP contribution in [0.4, 0.5) is 5.69 Å². The number of piperidine rings is 1. The normalized spacial score (nSPS) is 22.2. The Morgan fingerprint density at radius 3 is 2.59 bits per heavy atom. The van der Waals surface area contributed by atoms with Gasteiger partial charge in [-0.2, -0.15) is 0 Å². The Bertz CT molecular complexity index is 951. The molecule has 3 aliphatic rings. The van der Waals surface area contributed by atoms with E-state index < -0.39 is 5.54 Å². The van der Waals surface area contributed by atoms with Crippen LogP contribution in [0.25, 0.3) is 0 Å². The van der Waals surface area contributed by atoms with Crippen LogP contribution < -0.4 is 4.90 Å². The van der Waals surface area contributed by atoms with Crippen molar-refractivity contribution in [2.24, 2.45) is 0 Å². The molecule has 1 aromatic carbocycles. The fraction of sp³-hybridized carbons (Fsp3) is 0.478. The van der Waals surface area contributed by atoms with Crippen molar-refractivity contribution in [2.45, 2.75) is 56.2 Å². The Labute approximate surface area is 181 Å². The quantitative estimate of drug-likeness (QED) is 0.593. The van der Waals surface area contributed by atoms with Gasteiger partial charge in [0.1, 0.15) is 0 Å². The molecule has 1 saturated carbocycles. The molecule has 0 atom stereocenters. The van der Waals surface area contributed by atoms with Gasteiger partial charge in [-0.25, -0.2) is 0 Å². The summed E-state index contributed by atoms with van der Waals surface area (Å²) in [6.45, 7) is 6.42. The van der Waals surface area contributed by atoms with E-state index in [1.807, 2.05) is 29.4 Å². The summed E-state index contributed by atoms with van der Waals surface area (Å²) in [5.41, 5.74) is 3.37. The van der Waals surface area contributed by atoms with E-state index in [1.54, 1.807) is 6.07 Å². The molecule has 152 valence electrons. The van der Waals surface area contributed by atoms with Crippen LogP contribution in [0.5, 0.6) is 0 Å². The monoisotopic (exact) mass is 427 g/mol. The predicted molar refractivity (Wildman–Crippen MR) is 120 cm³/mol. The zero-order valence-electron chi connectivity index (χ0n) is 16.9. The first kappa shape index (κ1) is 19.4. The molecule has 2 fully saturated rings. The number of carbonyl (C=O) groups is 1. The smallest absolute Gasteiger partial charge is 0.259 e. The first-order valence-electron chi connectivity index (χ1n) is 10.4. The molecule has 1 saturated heterocycles. The highest BCUT2D eigenvalue weighted by atomic mass is 35.5. The van der Waals surface area contributed by atoms with Gasteiger partial charge in [-0.15, -0.1) is 0 Å². The molecule has 1 aromatic heterocycles. The Balaban J connectivity index is 1.38. The van der Waals surface area contributed by atoms with Crippen molar-refractivity contribution in [3.8, 4) is 0 Å². The van der Waals surface area contributed by atoms with Gasteiger partial charge in [0.05, 0.1) is 17.4 Å². The number of aromatic nitrogens is 1. The van der Waals surface area contributed by atoms with Crippen molar-refractivity contribution in [3.05, 3.63) is 58.4 Å². The van der Waals surface area contributed by atoms with E-state index in [4.69, 9.17) is 11.6 Å². The van der Waals surface area contributed by atoms with E-state index in [9.17, 15) is 4.79 Å². The van der Waals surface area contributed by atoms with Gasteiger partial charge in [0, 0.05) is 35.1 Å². The number of hydrogen-bond donors (Lipinski definition) is 0.